The topological polar surface area (TPSA) is 58.6 Å². The standard InChI is InChI=1S/C17H26N4O2/c22-17(5-10-20-8-1-2-9-20)21-11-12-23-14-16(21)4-3-15-13-18-6-7-19-15/h6-7,13,16H,1-5,8-12,14H2. The number of hydrogen-bond acceptors (Lipinski definition) is 5. The number of hydrogen-bond donors (Lipinski definition) is 0. The van der Waals surface area contributed by atoms with Crippen LogP contribution in [0.4, 0.5) is 0 Å². The molecule has 0 aliphatic carbocycles. The van der Waals surface area contributed by atoms with Crippen LogP contribution in [0.3, 0.4) is 0 Å². The van der Waals surface area contributed by atoms with Crippen LogP contribution in [0.15, 0.2) is 18.6 Å². The zero-order chi connectivity index (χ0) is 15.9. The Morgan fingerprint density at radius 1 is 1.26 bits per heavy atom. The first-order valence-corrected chi connectivity index (χ1v) is 8.67. The van der Waals surface area contributed by atoms with Gasteiger partial charge in [-0.2, -0.15) is 0 Å². The van der Waals surface area contributed by atoms with Crippen LogP contribution in [0.2, 0.25) is 0 Å². The van der Waals surface area contributed by atoms with E-state index in [0.29, 0.717) is 26.2 Å². The van der Waals surface area contributed by atoms with Crippen LogP contribution in [0.1, 0.15) is 31.4 Å². The number of likely N-dealkylation sites (tertiary alicyclic amines) is 1. The van der Waals surface area contributed by atoms with Crippen molar-refractivity contribution in [1.29, 1.82) is 0 Å². The lowest BCUT2D eigenvalue weighted by Gasteiger charge is -2.36. The van der Waals surface area contributed by atoms with Gasteiger partial charge in [-0.3, -0.25) is 14.8 Å². The number of carbonyl (C=O) groups excluding carboxylic acids is 1. The second-order valence-electron chi connectivity index (χ2n) is 6.35. The highest BCUT2D eigenvalue weighted by Gasteiger charge is 2.27. The largest absolute Gasteiger partial charge is 0.377 e. The predicted molar refractivity (Wildman–Crippen MR) is 87.0 cm³/mol. The fourth-order valence-electron chi connectivity index (χ4n) is 3.40. The molecule has 3 rings (SSSR count). The van der Waals surface area contributed by atoms with Crippen LogP contribution in [0.5, 0.6) is 0 Å². The number of nitrogens with zero attached hydrogens (tertiary/aromatic N) is 4. The Balaban J connectivity index is 1.49. The van der Waals surface area contributed by atoms with Crippen molar-refractivity contribution in [3.63, 3.8) is 0 Å². The van der Waals surface area contributed by atoms with E-state index >= 15 is 0 Å². The van der Waals surface area contributed by atoms with Gasteiger partial charge in [-0.05, 0) is 38.8 Å². The Hall–Kier alpha value is -1.53. The molecular formula is C17H26N4O2. The lowest BCUT2D eigenvalue weighted by atomic mass is 10.1. The van der Waals surface area contributed by atoms with Gasteiger partial charge in [0.05, 0.1) is 24.9 Å². The van der Waals surface area contributed by atoms with Crippen LogP contribution >= 0.6 is 0 Å². The molecule has 1 aromatic heterocycles. The molecule has 3 heterocycles. The Labute approximate surface area is 137 Å². The third-order valence-electron chi connectivity index (χ3n) is 4.74. The molecule has 126 valence electrons. The molecule has 0 aromatic carbocycles. The van der Waals surface area contributed by atoms with Crippen molar-refractivity contribution in [2.45, 2.75) is 38.1 Å². The normalized spacial score (nSPS) is 22.4. The number of rotatable bonds is 6. The minimum Gasteiger partial charge on any atom is -0.377 e. The maximum absolute atomic E-state index is 12.6. The van der Waals surface area contributed by atoms with Gasteiger partial charge in [-0.1, -0.05) is 0 Å². The van der Waals surface area contributed by atoms with E-state index in [1.54, 1.807) is 18.6 Å². The SMILES string of the molecule is O=C(CCN1CCCC1)N1CCOCC1CCc1cnccn1. The highest BCUT2D eigenvalue weighted by Crippen LogP contribution is 2.15. The first kappa shape index (κ1) is 16.3. The van der Waals surface area contributed by atoms with Crippen molar-refractivity contribution >= 4 is 5.91 Å². The maximum atomic E-state index is 12.6. The molecule has 0 spiro atoms. The van der Waals surface area contributed by atoms with Gasteiger partial charge in [-0.15, -0.1) is 0 Å². The second kappa shape index (κ2) is 8.36. The molecule has 1 atom stereocenters. The molecule has 6 nitrogen and oxygen atoms in total. The lowest BCUT2D eigenvalue weighted by Crippen LogP contribution is -2.49. The van der Waals surface area contributed by atoms with Crippen molar-refractivity contribution < 1.29 is 9.53 Å². The van der Waals surface area contributed by atoms with Crippen LogP contribution in [0.25, 0.3) is 0 Å². The van der Waals surface area contributed by atoms with Gasteiger partial charge in [0.2, 0.25) is 5.91 Å². The zero-order valence-corrected chi connectivity index (χ0v) is 13.7. The average molecular weight is 318 g/mol. The predicted octanol–water partition coefficient (Wildman–Crippen LogP) is 1.12. The van der Waals surface area contributed by atoms with Crippen LogP contribution < -0.4 is 0 Å². The number of aryl methyl sites for hydroxylation is 1. The van der Waals surface area contributed by atoms with Crippen molar-refractivity contribution in [2.24, 2.45) is 0 Å². The molecule has 2 fully saturated rings. The third-order valence-corrected chi connectivity index (χ3v) is 4.74. The van der Waals surface area contributed by atoms with Crippen molar-refractivity contribution in [2.75, 3.05) is 39.4 Å². The summed E-state index contributed by atoms with van der Waals surface area (Å²) in [6.07, 6.45) is 10.1. The minimum absolute atomic E-state index is 0.164. The van der Waals surface area contributed by atoms with E-state index in [4.69, 9.17) is 4.74 Å². The summed E-state index contributed by atoms with van der Waals surface area (Å²) in [5.74, 6) is 0.268. The van der Waals surface area contributed by atoms with E-state index in [1.807, 2.05) is 4.90 Å². The Kier molecular flexibility index (Phi) is 5.93. The molecule has 0 radical (unpaired) electrons. The maximum Gasteiger partial charge on any atom is 0.224 e. The minimum atomic E-state index is 0.164. The van der Waals surface area contributed by atoms with E-state index in [2.05, 4.69) is 14.9 Å². The summed E-state index contributed by atoms with van der Waals surface area (Å²) in [6.45, 7) is 5.18. The highest BCUT2D eigenvalue weighted by atomic mass is 16.5. The monoisotopic (exact) mass is 318 g/mol. The molecule has 2 aliphatic heterocycles. The summed E-state index contributed by atoms with van der Waals surface area (Å²) >= 11 is 0. The van der Waals surface area contributed by atoms with Gasteiger partial charge >= 0.3 is 0 Å². The van der Waals surface area contributed by atoms with E-state index in [1.165, 1.54) is 12.8 Å². The van der Waals surface area contributed by atoms with Crippen molar-refractivity contribution in [1.82, 2.24) is 19.8 Å². The second-order valence-corrected chi connectivity index (χ2v) is 6.35. The Bertz CT molecular complexity index is 491. The summed E-state index contributed by atoms with van der Waals surface area (Å²) in [7, 11) is 0. The van der Waals surface area contributed by atoms with E-state index in [9.17, 15) is 4.79 Å². The zero-order valence-electron chi connectivity index (χ0n) is 13.7. The summed E-state index contributed by atoms with van der Waals surface area (Å²) in [5, 5.41) is 0. The van der Waals surface area contributed by atoms with E-state index in [0.717, 1.165) is 38.2 Å². The number of morpholine rings is 1. The van der Waals surface area contributed by atoms with Gasteiger partial charge in [0.1, 0.15) is 0 Å². The average Bonchev–Trinajstić information content (AvgIpc) is 3.12. The highest BCUT2D eigenvalue weighted by molar-refractivity contribution is 5.76. The number of amides is 1. The molecule has 23 heavy (non-hydrogen) atoms. The first-order chi connectivity index (χ1) is 11.3. The molecule has 6 heteroatoms. The molecule has 1 unspecified atom stereocenters. The molecule has 0 N–H and O–H groups in total. The lowest BCUT2D eigenvalue weighted by molar-refractivity contribution is -0.140. The Morgan fingerprint density at radius 3 is 2.91 bits per heavy atom. The molecule has 1 amide bonds. The fraction of sp³-hybridized carbons (Fsp3) is 0.706. The van der Waals surface area contributed by atoms with Gasteiger partial charge in [0.15, 0.2) is 0 Å². The molecule has 2 saturated heterocycles. The smallest absolute Gasteiger partial charge is 0.224 e. The number of carbonyl (C=O) groups is 1. The molecule has 1 aromatic rings. The summed E-state index contributed by atoms with van der Waals surface area (Å²) in [4.78, 5) is 25.4. The fourth-order valence-corrected chi connectivity index (χ4v) is 3.40. The van der Waals surface area contributed by atoms with Gasteiger partial charge in [0, 0.05) is 38.1 Å². The molecule has 0 saturated carbocycles. The summed E-state index contributed by atoms with van der Waals surface area (Å²) < 4.78 is 5.59. The molecule has 0 bridgehead atoms. The van der Waals surface area contributed by atoms with Gasteiger partial charge < -0.3 is 14.5 Å². The molecule has 2 aliphatic rings. The van der Waals surface area contributed by atoms with Gasteiger partial charge in [-0.25, -0.2) is 0 Å². The third kappa shape index (κ3) is 4.72. The van der Waals surface area contributed by atoms with E-state index < -0.39 is 0 Å². The molecular weight excluding hydrogens is 292 g/mol. The van der Waals surface area contributed by atoms with Crippen LogP contribution in [-0.4, -0.2) is 71.1 Å². The van der Waals surface area contributed by atoms with Crippen molar-refractivity contribution in [3.8, 4) is 0 Å². The summed E-state index contributed by atoms with van der Waals surface area (Å²) in [6, 6.07) is 0.164. The quantitative estimate of drug-likeness (QED) is 0.787. The number of ether oxygens (including phenoxy) is 1. The summed E-state index contributed by atoms with van der Waals surface area (Å²) in [5.41, 5.74) is 0.975. The van der Waals surface area contributed by atoms with E-state index in [-0.39, 0.29) is 11.9 Å². The van der Waals surface area contributed by atoms with Crippen LogP contribution in [0, 0.1) is 0 Å². The van der Waals surface area contributed by atoms with Crippen molar-refractivity contribution in [3.05, 3.63) is 24.3 Å². The first-order valence-electron chi connectivity index (χ1n) is 8.67. The van der Waals surface area contributed by atoms with Gasteiger partial charge in [0.25, 0.3) is 0 Å². The van der Waals surface area contributed by atoms with Crippen LogP contribution in [-0.2, 0) is 16.0 Å². The number of aromatic nitrogens is 2. The Morgan fingerprint density at radius 2 is 2.13 bits per heavy atom.